The highest BCUT2D eigenvalue weighted by Crippen LogP contribution is 2.30. The van der Waals surface area contributed by atoms with Crippen molar-refractivity contribution in [3.8, 4) is 0 Å². The minimum atomic E-state index is -0.204. The van der Waals surface area contributed by atoms with Gasteiger partial charge >= 0.3 is 0 Å². The maximum absolute atomic E-state index is 11.7. The Hall–Kier alpha value is -2.47. The van der Waals surface area contributed by atoms with E-state index in [-0.39, 0.29) is 11.8 Å². The van der Waals surface area contributed by atoms with Crippen LogP contribution in [0.15, 0.2) is 30.3 Å². The molecule has 4 rings (SSSR count). The number of rotatable bonds is 4. The fourth-order valence-electron chi connectivity index (χ4n) is 4.21. The van der Waals surface area contributed by atoms with Crippen molar-refractivity contribution < 1.29 is 4.79 Å². The normalized spacial score (nSPS) is 20.3. The van der Waals surface area contributed by atoms with Crippen molar-refractivity contribution in [3.05, 3.63) is 53.0 Å². The lowest BCUT2D eigenvalue weighted by molar-refractivity contribution is -0.122. The number of fused-ring (bicyclic) bond motifs is 1. The van der Waals surface area contributed by atoms with Crippen LogP contribution in [0.3, 0.4) is 0 Å². The van der Waals surface area contributed by atoms with E-state index in [1.165, 1.54) is 11.1 Å². The van der Waals surface area contributed by atoms with Gasteiger partial charge in [-0.1, -0.05) is 30.3 Å². The number of amides is 1. The molecule has 0 radical (unpaired) electrons. The monoisotopic (exact) mass is 365 g/mol. The second kappa shape index (κ2) is 7.64. The SMILES string of the molecule is Cc1nc2c(c(N3CCC[C@@H](C(N)=O)C3)n1)CN(Cc1ccccc1)CC2. The summed E-state index contributed by atoms with van der Waals surface area (Å²) in [6, 6.07) is 10.6. The van der Waals surface area contributed by atoms with Crippen molar-refractivity contribution in [2.24, 2.45) is 11.7 Å². The number of anilines is 1. The van der Waals surface area contributed by atoms with Crippen LogP contribution in [0, 0.1) is 12.8 Å². The Labute approximate surface area is 160 Å². The van der Waals surface area contributed by atoms with E-state index in [1.54, 1.807) is 0 Å². The second-order valence-corrected chi connectivity index (χ2v) is 7.65. The van der Waals surface area contributed by atoms with Crippen LogP contribution in [0.2, 0.25) is 0 Å². The van der Waals surface area contributed by atoms with Crippen LogP contribution in [0.5, 0.6) is 0 Å². The van der Waals surface area contributed by atoms with E-state index in [2.05, 4.69) is 40.1 Å². The van der Waals surface area contributed by atoms with Crippen molar-refractivity contribution in [3.63, 3.8) is 0 Å². The van der Waals surface area contributed by atoms with Gasteiger partial charge in [0.2, 0.25) is 5.91 Å². The Kier molecular flexibility index (Phi) is 5.07. The highest BCUT2D eigenvalue weighted by molar-refractivity contribution is 5.77. The number of piperidine rings is 1. The zero-order valence-electron chi connectivity index (χ0n) is 15.9. The van der Waals surface area contributed by atoms with Crippen LogP contribution in [0.4, 0.5) is 5.82 Å². The van der Waals surface area contributed by atoms with Gasteiger partial charge in [-0.15, -0.1) is 0 Å². The van der Waals surface area contributed by atoms with Crippen LogP contribution >= 0.6 is 0 Å². The van der Waals surface area contributed by atoms with Crippen molar-refractivity contribution in [1.29, 1.82) is 0 Å². The molecule has 1 aromatic carbocycles. The highest BCUT2D eigenvalue weighted by Gasteiger charge is 2.29. The van der Waals surface area contributed by atoms with Crippen LogP contribution in [-0.4, -0.2) is 40.4 Å². The fourth-order valence-corrected chi connectivity index (χ4v) is 4.21. The number of carbonyl (C=O) groups excluding carboxylic acids is 1. The van der Waals surface area contributed by atoms with Gasteiger partial charge < -0.3 is 10.6 Å². The van der Waals surface area contributed by atoms with Gasteiger partial charge in [-0.3, -0.25) is 9.69 Å². The zero-order valence-corrected chi connectivity index (χ0v) is 15.9. The number of hydrogen-bond donors (Lipinski definition) is 1. The predicted molar refractivity (Wildman–Crippen MR) is 105 cm³/mol. The van der Waals surface area contributed by atoms with Gasteiger partial charge in [-0.05, 0) is 25.3 Å². The first kappa shape index (κ1) is 17.9. The smallest absolute Gasteiger partial charge is 0.222 e. The topological polar surface area (TPSA) is 75.4 Å². The third-order valence-electron chi connectivity index (χ3n) is 5.60. The molecule has 0 spiro atoms. The lowest BCUT2D eigenvalue weighted by Crippen LogP contribution is -2.43. The molecular formula is C21H27N5O. The Balaban J connectivity index is 1.59. The maximum atomic E-state index is 11.7. The standard InChI is InChI=1S/C21H27N5O/c1-15-23-19-9-11-25(12-16-6-3-2-4-7-16)14-18(19)21(24-15)26-10-5-8-17(13-26)20(22)27/h2-4,6-7,17H,5,8-14H2,1H3,(H2,22,27)/t17-/m1/s1. The summed E-state index contributed by atoms with van der Waals surface area (Å²) in [4.78, 5) is 25.9. The molecule has 1 saturated heterocycles. The summed E-state index contributed by atoms with van der Waals surface area (Å²) in [5.41, 5.74) is 9.27. The lowest BCUT2D eigenvalue weighted by Gasteiger charge is -2.36. The molecule has 142 valence electrons. The molecule has 1 atom stereocenters. The fraction of sp³-hybridized carbons (Fsp3) is 0.476. The number of hydrogen-bond acceptors (Lipinski definition) is 5. The average molecular weight is 365 g/mol. The third-order valence-corrected chi connectivity index (χ3v) is 5.60. The summed E-state index contributed by atoms with van der Waals surface area (Å²) in [5, 5.41) is 0. The maximum Gasteiger partial charge on any atom is 0.222 e. The highest BCUT2D eigenvalue weighted by atomic mass is 16.1. The van der Waals surface area contributed by atoms with Gasteiger partial charge in [0, 0.05) is 44.7 Å². The van der Waals surface area contributed by atoms with E-state index in [9.17, 15) is 4.79 Å². The van der Waals surface area contributed by atoms with Crippen molar-refractivity contribution in [2.75, 3.05) is 24.5 Å². The Bertz CT molecular complexity index is 823. The molecule has 2 N–H and O–H groups in total. The first-order chi connectivity index (χ1) is 13.1. The van der Waals surface area contributed by atoms with Crippen LogP contribution in [0.25, 0.3) is 0 Å². The predicted octanol–water partition coefficient (Wildman–Crippen LogP) is 2.05. The van der Waals surface area contributed by atoms with Gasteiger partial charge in [0.05, 0.1) is 11.6 Å². The number of carbonyl (C=O) groups is 1. The van der Waals surface area contributed by atoms with Crippen LogP contribution in [-0.2, 0) is 24.3 Å². The third kappa shape index (κ3) is 3.95. The van der Waals surface area contributed by atoms with E-state index >= 15 is 0 Å². The summed E-state index contributed by atoms with van der Waals surface area (Å²) in [7, 11) is 0. The summed E-state index contributed by atoms with van der Waals surface area (Å²) < 4.78 is 0. The Morgan fingerprint density at radius 1 is 1.22 bits per heavy atom. The number of benzene rings is 1. The molecule has 27 heavy (non-hydrogen) atoms. The Morgan fingerprint density at radius 2 is 2.04 bits per heavy atom. The molecular weight excluding hydrogens is 338 g/mol. The summed E-state index contributed by atoms with van der Waals surface area (Å²) in [6.45, 7) is 6.31. The number of nitrogens with two attached hydrogens (primary N) is 1. The van der Waals surface area contributed by atoms with E-state index in [0.29, 0.717) is 6.54 Å². The van der Waals surface area contributed by atoms with Gasteiger partial charge in [0.15, 0.2) is 0 Å². The van der Waals surface area contributed by atoms with Gasteiger partial charge in [-0.25, -0.2) is 9.97 Å². The molecule has 1 aromatic heterocycles. The molecule has 0 saturated carbocycles. The quantitative estimate of drug-likeness (QED) is 0.897. The van der Waals surface area contributed by atoms with E-state index < -0.39 is 0 Å². The van der Waals surface area contributed by atoms with Gasteiger partial charge in [-0.2, -0.15) is 0 Å². The summed E-state index contributed by atoms with van der Waals surface area (Å²) >= 11 is 0. The number of nitrogens with zero attached hydrogens (tertiary/aromatic N) is 4. The molecule has 2 aromatic rings. The van der Waals surface area contributed by atoms with Crippen LogP contribution < -0.4 is 10.6 Å². The van der Waals surface area contributed by atoms with Gasteiger partial charge in [0.1, 0.15) is 11.6 Å². The number of primary amides is 1. The summed E-state index contributed by atoms with van der Waals surface area (Å²) in [5.74, 6) is 1.52. The second-order valence-electron chi connectivity index (χ2n) is 7.65. The van der Waals surface area contributed by atoms with E-state index in [0.717, 1.165) is 62.8 Å². The molecule has 0 bridgehead atoms. The average Bonchev–Trinajstić information content (AvgIpc) is 2.68. The minimum Gasteiger partial charge on any atom is -0.369 e. The molecule has 2 aliphatic rings. The van der Waals surface area contributed by atoms with E-state index in [1.807, 2.05) is 6.92 Å². The number of aryl methyl sites for hydroxylation is 1. The minimum absolute atomic E-state index is 0.0892. The molecule has 1 fully saturated rings. The lowest BCUT2D eigenvalue weighted by atomic mass is 9.96. The molecule has 3 heterocycles. The molecule has 2 aliphatic heterocycles. The summed E-state index contributed by atoms with van der Waals surface area (Å²) in [6.07, 6.45) is 2.78. The van der Waals surface area contributed by atoms with Gasteiger partial charge in [0.25, 0.3) is 0 Å². The van der Waals surface area contributed by atoms with Crippen molar-refractivity contribution in [2.45, 2.75) is 39.3 Å². The molecule has 6 heteroatoms. The van der Waals surface area contributed by atoms with Crippen LogP contribution in [0.1, 0.15) is 35.5 Å². The van der Waals surface area contributed by atoms with E-state index in [4.69, 9.17) is 15.7 Å². The largest absolute Gasteiger partial charge is 0.369 e. The van der Waals surface area contributed by atoms with Crippen molar-refractivity contribution in [1.82, 2.24) is 14.9 Å². The zero-order chi connectivity index (χ0) is 18.8. The van der Waals surface area contributed by atoms with Crippen molar-refractivity contribution >= 4 is 11.7 Å². The Morgan fingerprint density at radius 3 is 2.81 bits per heavy atom. The first-order valence-corrected chi connectivity index (χ1v) is 9.77. The number of aromatic nitrogens is 2. The molecule has 1 amide bonds. The molecule has 0 unspecified atom stereocenters. The molecule has 6 nitrogen and oxygen atoms in total. The molecule has 0 aliphatic carbocycles. The first-order valence-electron chi connectivity index (χ1n) is 9.77.